The first-order valence-electron chi connectivity index (χ1n) is 6.79. The van der Waals surface area contributed by atoms with Crippen LogP contribution in [-0.4, -0.2) is 14.3 Å². The molecule has 2 bridgehead atoms. The Morgan fingerprint density at radius 1 is 1.20 bits per heavy atom. The van der Waals surface area contributed by atoms with Crippen molar-refractivity contribution in [2.24, 2.45) is 17.8 Å². The van der Waals surface area contributed by atoms with Gasteiger partial charge in [0.15, 0.2) is 0 Å². The number of hydrogen-bond acceptors (Lipinski definition) is 3. The second kappa shape index (κ2) is 4.84. The molecule has 2 aliphatic rings. The van der Waals surface area contributed by atoms with Crippen LogP contribution in [0, 0.1) is 17.8 Å². The number of para-hydroxylation sites is 1. The zero-order chi connectivity index (χ0) is 14.3. The van der Waals surface area contributed by atoms with Crippen LogP contribution in [0.3, 0.4) is 0 Å². The molecule has 1 amide bonds. The summed E-state index contributed by atoms with van der Waals surface area (Å²) in [7, 11) is -4.83. The Kier molecular flexibility index (Phi) is 3.28. The third kappa shape index (κ3) is 2.44. The molecule has 2 aliphatic carbocycles. The van der Waals surface area contributed by atoms with E-state index in [1.54, 1.807) is 6.07 Å². The fourth-order valence-electron chi connectivity index (χ4n) is 3.57. The zero-order valence-corrected chi connectivity index (χ0v) is 11.7. The van der Waals surface area contributed by atoms with E-state index in [0.717, 1.165) is 25.3 Å². The minimum atomic E-state index is -4.83. The Balaban J connectivity index is 1.80. The molecule has 0 saturated heterocycles. The molecule has 2 saturated carbocycles. The average Bonchev–Trinajstić information content (AvgIpc) is 3.00. The zero-order valence-electron chi connectivity index (χ0n) is 10.9. The standard InChI is InChI=1S/C14H16FNO3S/c15-20(18,19)13-4-2-1-3-12(13)16-14(17)11-8-9-5-6-10(11)7-9/h1-4,9-11H,5-8H2,(H,16,17). The van der Waals surface area contributed by atoms with E-state index in [1.165, 1.54) is 18.6 Å². The summed E-state index contributed by atoms with van der Waals surface area (Å²) in [5, 5.41) is 2.59. The molecule has 3 rings (SSSR count). The number of amides is 1. The van der Waals surface area contributed by atoms with E-state index < -0.39 is 15.1 Å². The molecular formula is C14H16FNO3S. The van der Waals surface area contributed by atoms with Crippen LogP contribution in [0.5, 0.6) is 0 Å². The first-order chi connectivity index (χ1) is 9.45. The minimum Gasteiger partial charge on any atom is -0.325 e. The Morgan fingerprint density at radius 3 is 2.55 bits per heavy atom. The van der Waals surface area contributed by atoms with Crippen molar-refractivity contribution in [1.82, 2.24) is 0 Å². The monoisotopic (exact) mass is 297 g/mol. The fourth-order valence-corrected chi connectivity index (χ4v) is 4.20. The molecule has 2 fully saturated rings. The molecule has 6 heteroatoms. The Labute approximate surface area is 117 Å². The molecule has 0 aromatic heterocycles. The molecule has 108 valence electrons. The van der Waals surface area contributed by atoms with Gasteiger partial charge < -0.3 is 5.32 Å². The number of carbonyl (C=O) groups excluding carboxylic acids is 1. The van der Waals surface area contributed by atoms with Crippen LogP contribution in [0.4, 0.5) is 9.57 Å². The van der Waals surface area contributed by atoms with Crippen molar-refractivity contribution < 1.29 is 17.1 Å². The maximum absolute atomic E-state index is 13.2. The van der Waals surface area contributed by atoms with Gasteiger partial charge in [0.25, 0.3) is 0 Å². The number of halogens is 1. The summed E-state index contributed by atoms with van der Waals surface area (Å²) in [5.41, 5.74) is 0.0303. The lowest BCUT2D eigenvalue weighted by Gasteiger charge is -2.21. The van der Waals surface area contributed by atoms with Crippen molar-refractivity contribution in [3.05, 3.63) is 24.3 Å². The summed E-state index contributed by atoms with van der Waals surface area (Å²) in [4.78, 5) is 11.8. The molecule has 1 N–H and O–H groups in total. The number of benzene rings is 1. The van der Waals surface area contributed by atoms with Gasteiger partial charge >= 0.3 is 10.2 Å². The molecule has 20 heavy (non-hydrogen) atoms. The number of rotatable bonds is 3. The summed E-state index contributed by atoms with van der Waals surface area (Å²) in [6.45, 7) is 0. The smallest absolute Gasteiger partial charge is 0.325 e. The molecule has 1 aromatic rings. The summed E-state index contributed by atoms with van der Waals surface area (Å²) >= 11 is 0. The molecule has 0 heterocycles. The lowest BCUT2D eigenvalue weighted by atomic mass is 9.88. The van der Waals surface area contributed by atoms with Gasteiger partial charge in [0.1, 0.15) is 4.90 Å². The predicted octanol–water partition coefficient (Wildman–Crippen LogP) is 2.72. The first kappa shape index (κ1) is 13.5. The lowest BCUT2D eigenvalue weighted by Crippen LogP contribution is -2.27. The Hall–Kier alpha value is -1.43. The van der Waals surface area contributed by atoms with Gasteiger partial charge in [0, 0.05) is 5.92 Å². The summed E-state index contributed by atoms with van der Waals surface area (Å²) in [6.07, 6.45) is 4.19. The fraction of sp³-hybridized carbons (Fsp3) is 0.500. The third-order valence-corrected chi connectivity index (χ3v) is 5.36. The summed E-state index contributed by atoms with van der Waals surface area (Å²) in [5.74, 6) is 0.766. The number of hydrogen-bond donors (Lipinski definition) is 1. The van der Waals surface area contributed by atoms with Crippen LogP contribution in [-0.2, 0) is 15.0 Å². The Morgan fingerprint density at radius 2 is 1.95 bits per heavy atom. The average molecular weight is 297 g/mol. The molecule has 0 aliphatic heterocycles. The number of nitrogens with one attached hydrogen (secondary N) is 1. The molecular weight excluding hydrogens is 281 g/mol. The number of anilines is 1. The SMILES string of the molecule is O=C(Nc1ccccc1S(=O)(=O)F)C1CC2CCC1C2. The highest BCUT2D eigenvalue weighted by Gasteiger charge is 2.43. The highest BCUT2D eigenvalue weighted by molar-refractivity contribution is 7.86. The largest absolute Gasteiger partial charge is 0.334 e. The molecule has 1 aromatic carbocycles. The predicted molar refractivity (Wildman–Crippen MR) is 72.3 cm³/mol. The van der Waals surface area contributed by atoms with Crippen LogP contribution in [0.1, 0.15) is 25.7 Å². The van der Waals surface area contributed by atoms with Gasteiger partial charge in [0.2, 0.25) is 5.91 Å². The minimum absolute atomic E-state index is 0.0303. The van der Waals surface area contributed by atoms with E-state index in [0.29, 0.717) is 11.8 Å². The quantitative estimate of drug-likeness (QED) is 0.873. The van der Waals surface area contributed by atoms with Crippen LogP contribution in [0.25, 0.3) is 0 Å². The molecule has 3 unspecified atom stereocenters. The van der Waals surface area contributed by atoms with Gasteiger partial charge in [-0.3, -0.25) is 4.79 Å². The van der Waals surface area contributed by atoms with E-state index >= 15 is 0 Å². The second-order valence-corrected chi connectivity index (χ2v) is 7.02. The summed E-state index contributed by atoms with van der Waals surface area (Å²) in [6, 6.07) is 5.58. The van der Waals surface area contributed by atoms with Crippen molar-refractivity contribution >= 4 is 21.8 Å². The molecule has 3 atom stereocenters. The van der Waals surface area contributed by atoms with Crippen LogP contribution < -0.4 is 5.32 Å². The van der Waals surface area contributed by atoms with Crippen molar-refractivity contribution in [3.63, 3.8) is 0 Å². The van der Waals surface area contributed by atoms with E-state index in [2.05, 4.69) is 5.32 Å². The maximum Gasteiger partial charge on any atom is 0.334 e. The van der Waals surface area contributed by atoms with Gasteiger partial charge in [0.05, 0.1) is 5.69 Å². The maximum atomic E-state index is 13.2. The molecule has 4 nitrogen and oxygen atoms in total. The second-order valence-electron chi connectivity index (χ2n) is 5.70. The van der Waals surface area contributed by atoms with E-state index in [9.17, 15) is 17.1 Å². The van der Waals surface area contributed by atoms with Crippen molar-refractivity contribution in [2.45, 2.75) is 30.6 Å². The van der Waals surface area contributed by atoms with Crippen molar-refractivity contribution in [3.8, 4) is 0 Å². The molecule has 0 radical (unpaired) electrons. The van der Waals surface area contributed by atoms with Crippen LogP contribution in [0.2, 0.25) is 0 Å². The lowest BCUT2D eigenvalue weighted by molar-refractivity contribution is -0.121. The summed E-state index contributed by atoms with van der Waals surface area (Å²) < 4.78 is 35.3. The normalized spacial score (nSPS) is 28.6. The van der Waals surface area contributed by atoms with Crippen LogP contribution >= 0.6 is 0 Å². The van der Waals surface area contributed by atoms with E-state index in [1.807, 2.05) is 0 Å². The van der Waals surface area contributed by atoms with Gasteiger partial charge in [-0.05, 0) is 43.2 Å². The Bertz CT molecular complexity index is 644. The van der Waals surface area contributed by atoms with Crippen molar-refractivity contribution in [1.29, 1.82) is 0 Å². The molecule has 0 spiro atoms. The van der Waals surface area contributed by atoms with Gasteiger partial charge in [-0.25, -0.2) is 0 Å². The van der Waals surface area contributed by atoms with E-state index in [4.69, 9.17) is 0 Å². The van der Waals surface area contributed by atoms with Crippen LogP contribution in [0.15, 0.2) is 29.2 Å². The highest BCUT2D eigenvalue weighted by Crippen LogP contribution is 2.48. The number of fused-ring (bicyclic) bond motifs is 2. The van der Waals surface area contributed by atoms with Gasteiger partial charge in [-0.15, -0.1) is 3.89 Å². The first-order valence-corrected chi connectivity index (χ1v) is 8.18. The topological polar surface area (TPSA) is 63.2 Å². The van der Waals surface area contributed by atoms with E-state index in [-0.39, 0.29) is 17.5 Å². The number of carbonyl (C=O) groups is 1. The van der Waals surface area contributed by atoms with Crippen molar-refractivity contribution in [2.75, 3.05) is 5.32 Å². The van der Waals surface area contributed by atoms with Gasteiger partial charge in [-0.2, -0.15) is 8.42 Å². The highest BCUT2D eigenvalue weighted by atomic mass is 32.3. The van der Waals surface area contributed by atoms with Gasteiger partial charge in [-0.1, -0.05) is 18.6 Å². The third-order valence-electron chi connectivity index (χ3n) is 4.48.